The molecule has 0 saturated carbocycles. The number of fused-ring (bicyclic) bond motifs is 5. The summed E-state index contributed by atoms with van der Waals surface area (Å²) in [6, 6.07) is 18.7. The lowest BCUT2D eigenvalue weighted by Gasteiger charge is -2.36. The average Bonchev–Trinajstić information content (AvgIpc) is 3.66. The quantitative estimate of drug-likeness (QED) is 0.454. The fraction of sp³-hybridized carbons (Fsp3) is 0.321. The first kappa shape index (κ1) is 21.2. The molecule has 0 radical (unpaired) electrons. The summed E-state index contributed by atoms with van der Waals surface area (Å²) in [6.07, 6.45) is 5.25. The van der Waals surface area contributed by atoms with E-state index < -0.39 is 0 Å². The lowest BCUT2D eigenvalue weighted by molar-refractivity contribution is 0.255. The highest BCUT2D eigenvalue weighted by molar-refractivity contribution is 6.05. The molecule has 8 nitrogen and oxygen atoms in total. The zero-order chi connectivity index (χ0) is 24.2. The second-order valence-electron chi connectivity index (χ2n) is 10.0. The summed E-state index contributed by atoms with van der Waals surface area (Å²) in [5, 5.41) is 8.44. The van der Waals surface area contributed by atoms with Crippen LogP contribution in [0.4, 0.5) is 27.7 Å². The molecule has 7 rings (SSSR count). The van der Waals surface area contributed by atoms with E-state index in [-0.39, 0.29) is 12.1 Å². The first-order valence-corrected chi connectivity index (χ1v) is 12.8. The van der Waals surface area contributed by atoms with Crippen molar-refractivity contribution in [3.8, 4) is 11.3 Å². The van der Waals surface area contributed by atoms with Gasteiger partial charge >= 0.3 is 6.03 Å². The second kappa shape index (κ2) is 8.26. The van der Waals surface area contributed by atoms with Crippen LogP contribution < -0.4 is 20.0 Å². The van der Waals surface area contributed by atoms with Crippen molar-refractivity contribution in [1.82, 2.24) is 14.8 Å². The Morgan fingerprint density at radius 2 is 1.89 bits per heavy atom. The highest BCUT2D eigenvalue weighted by atomic mass is 16.2. The van der Waals surface area contributed by atoms with Gasteiger partial charge in [0.2, 0.25) is 0 Å². The van der Waals surface area contributed by atoms with Crippen molar-refractivity contribution in [1.29, 1.82) is 0 Å². The van der Waals surface area contributed by atoms with Gasteiger partial charge in [-0.3, -0.25) is 9.58 Å². The van der Waals surface area contributed by atoms with E-state index in [9.17, 15) is 4.79 Å². The number of carbonyl (C=O) groups is 1. The maximum atomic E-state index is 13.7. The van der Waals surface area contributed by atoms with Crippen molar-refractivity contribution in [2.24, 2.45) is 7.05 Å². The van der Waals surface area contributed by atoms with Crippen molar-refractivity contribution >= 4 is 39.8 Å². The molecule has 3 aliphatic heterocycles. The van der Waals surface area contributed by atoms with Crippen LogP contribution in [0.1, 0.15) is 19.3 Å². The molecule has 8 heteroatoms. The van der Waals surface area contributed by atoms with Gasteiger partial charge in [-0.2, -0.15) is 5.10 Å². The van der Waals surface area contributed by atoms with Gasteiger partial charge < -0.3 is 15.1 Å². The smallest absolute Gasteiger partial charge is 0.327 e. The number of hydrogen-bond donors (Lipinski definition) is 1. The molecular formula is C28H29N7O. The molecule has 3 aliphatic rings. The third kappa shape index (κ3) is 3.47. The van der Waals surface area contributed by atoms with Gasteiger partial charge in [-0.1, -0.05) is 12.1 Å². The van der Waals surface area contributed by atoms with Crippen molar-refractivity contribution in [2.75, 3.05) is 46.2 Å². The third-order valence-corrected chi connectivity index (χ3v) is 7.78. The number of amides is 2. The van der Waals surface area contributed by atoms with Gasteiger partial charge in [0.25, 0.3) is 0 Å². The zero-order valence-electron chi connectivity index (χ0n) is 20.4. The number of nitrogens with zero attached hydrogens (tertiary/aromatic N) is 6. The number of aromatic nitrogens is 3. The number of urea groups is 1. The van der Waals surface area contributed by atoms with E-state index in [4.69, 9.17) is 4.98 Å². The molecule has 2 bridgehead atoms. The Bertz CT molecular complexity index is 1470. The van der Waals surface area contributed by atoms with Gasteiger partial charge in [0.1, 0.15) is 0 Å². The standard InChI is InChI=1S/C28H29N7O/c1-32-25-9-7-21(15-20(25)17-29-32)30-28(36)35-23-11-14-34(18-23)26-10-8-24(31-27(26)35)19-5-4-6-22(16-19)33-12-2-3-13-33/h4-10,15-17,23H,2-3,11-14,18H2,1H3,(H,30,36)/t23-/m0/s1. The van der Waals surface area contributed by atoms with E-state index in [0.717, 1.165) is 72.0 Å². The van der Waals surface area contributed by atoms with Gasteiger partial charge in [-0.05, 0) is 61.7 Å². The van der Waals surface area contributed by atoms with Gasteiger partial charge in [-0.15, -0.1) is 0 Å². The molecule has 0 aliphatic carbocycles. The Balaban J connectivity index is 1.22. The average molecular weight is 480 g/mol. The van der Waals surface area contributed by atoms with Crippen molar-refractivity contribution in [2.45, 2.75) is 25.3 Å². The molecule has 2 amide bonds. The number of carbonyl (C=O) groups excluding carboxylic acids is 1. The number of pyridine rings is 1. The summed E-state index contributed by atoms with van der Waals surface area (Å²) in [4.78, 5) is 25.4. The predicted octanol–water partition coefficient (Wildman–Crippen LogP) is 4.87. The molecule has 4 aromatic rings. The van der Waals surface area contributed by atoms with Crippen LogP contribution in [0.15, 0.2) is 60.8 Å². The number of aryl methyl sites for hydroxylation is 1. The zero-order valence-corrected chi connectivity index (χ0v) is 20.4. The first-order valence-electron chi connectivity index (χ1n) is 12.8. The number of rotatable bonds is 3. The normalized spacial score (nSPS) is 18.7. The van der Waals surface area contributed by atoms with Crippen LogP contribution in [-0.2, 0) is 7.05 Å². The van der Waals surface area contributed by atoms with E-state index in [1.54, 1.807) is 0 Å². The van der Waals surface area contributed by atoms with E-state index in [1.165, 1.54) is 18.5 Å². The molecule has 0 spiro atoms. The Hall–Kier alpha value is -4.07. The van der Waals surface area contributed by atoms with E-state index in [2.05, 4.69) is 56.6 Å². The summed E-state index contributed by atoms with van der Waals surface area (Å²) in [5.74, 6) is 0.743. The SMILES string of the molecule is Cn1ncc2cc(NC(=O)N3c4nc(-c5cccc(N6CCCC6)c5)ccc4N4CC[C@H]3C4)ccc21. The maximum Gasteiger partial charge on any atom is 0.327 e. The Morgan fingerprint density at radius 3 is 2.78 bits per heavy atom. The third-order valence-electron chi connectivity index (χ3n) is 7.78. The molecule has 2 aromatic carbocycles. The van der Waals surface area contributed by atoms with Crippen molar-refractivity contribution < 1.29 is 4.79 Å². The molecule has 182 valence electrons. The van der Waals surface area contributed by atoms with E-state index in [1.807, 2.05) is 41.0 Å². The van der Waals surface area contributed by atoms with Gasteiger partial charge in [0.05, 0.1) is 29.1 Å². The second-order valence-corrected chi connectivity index (χ2v) is 10.0. The lowest BCUT2D eigenvalue weighted by atomic mass is 10.1. The van der Waals surface area contributed by atoms with Gasteiger partial charge in [0, 0.05) is 55.6 Å². The van der Waals surface area contributed by atoms with Crippen LogP contribution in [0.2, 0.25) is 0 Å². The van der Waals surface area contributed by atoms with E-state index in [0.29, 0.717) is 0 Å². The summed E-state index contributed by atoms with van der Waals surface area (Å²) in [6.45, 7) is 4.00. The number of hydrogen-bond acceptors (Lipinski definition) is 5. The van der Waals surface area contributed by atoms with Crippen LogP contribution in [0.5, 0.6) is 0 Å². The highest BCUT2D eigenvalue weighted by Gasteiger charge is 2.40. The topological polar surface area (TPSA) is 69.5 Å². The lowest BCUT2D eigenvalue weighted by Crippen LogP contribution is -2.48. The molecule has 1 atom stereocenters. The largest absolute Gasteiger partial charge is 0.372 e. The fourth-order valence-electron chi connectivity index (χ4n) is 5.89. The fourth-order valence-corrected chi connectivity index (χ4v) is 5.89. The van der Waals surface area contributed by atoms with Crippen LogP contribution >= 0.6 is 0 Å². The molecule has 36 heavy (non-hydrogen) atoms. The number of anilines is 4. The molecular weight excluding hydrogens is 450 g/mol. The summed E-state index contributed by atoms with van der Waals surface area (Å²) in [7, 11) is 1.92. The molecule has 2 aromatic heterocycles. The van der Waals surface area contributed by atoms with Crippen LogP contribution in [0.25, 0.3) is 22.2 Å². The molecule has 2 fully saturated rings. The van der Waals surface area contributed by atoms with Gasteiger partial charge in [0.15, 0.2) is 5.82 Å². The number of benzene rings is 2. The number of nitrogens with one attached hydrogen (secondary N) is 1. The van der Waals surface area contributed by atoms with Crippen LogP contribution in [0, 0.1) is 0 Å². The summed E-state index contributed by atoms with van der Waals surface area (Å²) in [5.41, 5.74) is 6.04. The predicted molar refractivity (Wildman–Crippen MR) is 144 cm³/mol. The Kier molecular flexibility index (Phi) is 4.87. The Morgan fingerprint density at radius 1 is 1.00 bits per heavy atom. The van der Waals surface area contributed by atoms with Gasteiger partial charge in [-0.25, -0.2) is 9.78 Å². The molecule has 5 heterocycles. The summed E-state index contributed by atoms with van der Waals surface area (Å²) >= 11 is 0. The first-order chi connectivity index (χ1) is 17.6. The minimum absolute atomic E-state index is 0.110. The van der Waals surface area contributed by atoms with E-state index >= 15 is 0 Å². The van der Waals surface area contributed by atoms with Crippen LogP contribution in [-0.4, -0.2) is 53.0 Å². The molecule has 0 unspecified atom stereocenters. The van der Waals surface area contributed by atoms with Crippen LogP contribution in [0.3, 0.4) is 0 Å². The Labute approximate surface area is 210 Å². The minimum Gasteiger partial charge on any atom is -0.372 e. The molecule has 2 saturated heterocycles. The maximum absolute atomic E-state index is 13.7. The minimum atomic E-state index is -0.137. The van der Waals surface area contributed by atoms with Crippen molar-refractivity contribution in [3.05, 3.63) is 60.8 Å². The highest BCUT2D eigenvalue weighted by Crippen LogP contribution is 2.40. The summed E-state index contributed by atoms with van der Waals surface area (Å²) < 4.78 is 1.83. The van der Waals surface area contributed by atoms with Crippen molar-refractivity contribution in [3.63, 3.8) is 0 Å². The molecule has 1 N–H and O–H groups in total. The monoisotopic (exact) mass is 479 g/mol.